The lowest BCUT2D eigenvalue weighted by atomic mass is 10.1. The fourth-order valence-corrected chi connectivity index (χ4v) is 6.06. The normalized spacial score (nSPS) is 11.8. The van der Waals surface area contributed by atoms with Gasteiger partial charge in [0.05, 0.1) is 10.6 Å². The maximum Gasteiger partial charge on any atom is 0.239 e. The van der Waals surface area contributed by atoms with Crippen molar-refractivity contribution in [2.75, 3.05) is 6.54 Å². The van der Waals surface area contributed by atoms with E-state index in [9.17, 15) is 13.2 Å². The van der Waals surface area contributed by atoms with Crippen LogP contribution in [0.4, 0.5) is 0 Å². The zero-order valence-corrected chi connectivity index (χ0v) is 20.4. The monoisotopic (exact) mass is 505 g/mol. The van der Waals surface area contributed by atoms with Gasteiger partial charge in [0.2, 0.25) is 5.91 Å². The molecule has 0 fully saturated rings. The molecule has 3 aromatic carbocycles. The third kappa shape index (κ3) is 4.97. The number of rotatable bonds is 8. The highest BCUT2D eigenvalue weighted by Crippen LogP contribution is 2.28. The first kappa shape index (κ1) is 23.2. The summed E-state index contributed by atoms with van der Waals surface area (Å²) in [6, 6.07) is 22.1. The van der Waals surface area contributed by atoms with Crippen molar-refractivity contribution >= 4 is 49.2 Å². The molecule has 2 aromatic heterocycles. The lowest BCUT2D eigenvalue weighted by molar-refractivity contribution is -0.121. The van der Waals surface area contributed by atoms with Gasteiger partial charge in [0.1, 0.15) is 6.54 Å². The van der Waals surface area contributed by atoms with Crippen molar-refractivity contribution in [1.82, 2.24) is 14.9 Å². The lowest BCUT2D eigenvalue weighted by Crippen LogP contribution is -2.29. The van der Waals surface area contributed by atoms with E-state index in [1.807, 2.05) is 36.5 Å². The first-order valence-corrected chi connectivity index (χ1v) is 13.3. The van der Waals surface area contributed by atoms with Crippen LogP contribution in [0.2, 0.25) is 5.02 Å². The van der Waals surface area contributed by atoms with Gasteiger partial charge in [0, 0.05) is 45.8 Å². The van der Waals surface area contributed by atoms with Gasteiger partial charge < -0.3 is 14.9 Å². The SMILES string of the molecule is O=C(Cn1cc(S(=O)(=O)Cc2ccc(Cl)cc2)c2ccccc21)NCCc1c[nH]c2ccccc12. The minimum absolute atomic E-state index is 0.0326. The molecule has 5 rings (SSSR count). The van der Waals surface area contributed by atoms with Crippen molar-refractivity contribution in [1.29, 1.82) is 0 Å². The minimum Gasteiger partial charge on any atom is -0.361 e. The number of benzene rings is 3. The number of amides is 1. The van der Waals surface area contributed by atoms with Crippen LogP contribution in [0.3, 0.4) is 0 Å². The number of carbonyl (C=O) groups excluding carboxylic acids is 1. The Bertz CT molecular complexity index is 1620. The van der Waals surface area contributed by atoms with Crippen molar-refractivity contribution in [3.63, 3.8) is 0 Å². The van der Waals surface area contributed by atoms with Gasteiger partial charge >= 0.3 is 0 Å². The predicted molar refractivity (Wildman–Crippen MR) is 139 cm³/mol. The number of H-pyrrole nitrogens is 1. The quantitative estimate of drug-likeness (QED) is 0.307. The van der Waals surface area contributed by atoms with Gasteiger partial charge in [0.25, 0.3) is 0 Å². The summed E-state index contributed by atoms with van der Waals surface area (Å²) in [6.45, 7) is 0.520. The molecule has 0 spiro atoms. The van der Waals surface area contributed by atoms with Crippen LogP contribution >= 0.6 is 11.6 Å². The Morgan fingerprint density at radius 2 is 1.66 bits per heavy atom. The average Bonchev–Trinajstić information content (AvgIpc) is 3.43. The number of hydrogen-bond donors (Lipinski definition) is 2. The molecule has 35 heavy (non-hydrogen) atoms. The van der Waals surface area contributed by atoms with Gasteiger partial charge in [-0.15, -0.1) is 0 Å². The lowest BCUT2D eigenvalue weighted by Gasteiger charge is -2.07. The summed E-state index contributed by atoms with van der Waals surface area (Å²) in [7, 11) is -3.63. The molecule has 2 heterocycles. The van der Waals surface area contributed by atoms with Crippen LogP contribution in [0.5, 0.6) is 0 Å². The number of aromatic amines is 1. The van der Waals surface area contributed by atoms with Crippen LogP contribution < -0.4 is 5.32 Å². The number of para-hydroxylation sites is 2. The van der Waals surface area contributed by atoms with E-state index in [4.69, 9.17) is 11.6 Å². The Hall–Kier alpha value is -3.55. The summed E-state index contributed by atoms with van der Waals surface area (Å²) in [6.07, 6.45) is 4.23. The third-order valence-corrected chi connectivity index (χ3v) is 8.02. The topological polar surface area (TPSA) is 84.0 Å². The number of hydrogen-bond acceptors (Lipinski definition) is 3. The molecule has 0 aliphatic rings. The predicted octanol–water partition coefficient (Wildman–Crippen LogP) is 5.11. The number of halogens is 1. The van der Waals surface area contributed by atoms with Gasteiger partial charge in [-0.25, -0.2) is 8.42 Å². The summed E-state index contributed by atoms with van der Waals surface area (Å²) < 4.78 is 28.2. The molecule has 0 bridgehead atoms. The molecular formula is C27H24ClN3O3S. The van der Waals surface area contributed by atoms with Crippen molar-refractivity contribution in [3.8, 4) is 0 Å². The number of carbonyl (C=O) groups is 1. The number of nitrogens with one attached hydrogen (secondary N) is 2. The molecule has 0 aliphatic carbocycles. The molecule has 0 radical (unpaired) electrons. The molecular weight excluding hydrogens is 482 g/mol. The van der Waals surface area contributed by atoms with Crippen molar-refractivity contribution in [3.05, 3.63) is 101 Å². The molecule has 0 saturated carbocycles. The molecule has 5 aromatic rings. The fourth-order valence-electron chi connectivity index (χ4n) is 4.36. The fraction of sp³-hybridized carbons (Fsp3) is 0.148. The van der Waals surface area contributed by atoms with Crippen molar-refractivity contribution in [2.45, 2.75) is 23.6 Å². The molecule has 1 amide bonds. The Morgan fingerprint density at radius 1 is 0.943 bits per heavy atom. The molecule has 0 aliphatic heterocycles. The molecule has 0 unspecified atom stereocenters. The first-order valence-electron chi connectivity index (χ1n) is 11.3. The number of aromatic nitrogens is 2. The highest BCUT2D eigenvalue weighted by molar-refractivity contribution is 7.90. The summed E-state index contributed by atoms with van der Waals surface area (Å²) >= 11 is 5.93. The maximum atomic E-state index is 13.3. The van der Waals surface area contributed by atoms with E-state index in [2.05, 4.69) is 16.4 Å². The summed E-state index contributed by atoms with van der Waals surface area (Å²) in [5.41, 5.74) is 3.57. The summed E-state index contributed by atoms with van der Waals surface area (Å²) in [4.78, 5) is 16.2. The molecule has 2 N–H and O–H groups in total. The number of sulfone groups is 1. The Labute approximate surface area is 208 Å². The van der Waals surface area contributed by atoms with Gasteiger partial charge in [-0.05, 0) is 41.8 Å². The van der Waals surface area contributed by atoms with Gasteiger partial charge in [-0.2, -0.15) is 0 Å². The van der Waals surface area contributed by atoms with Crippen molar-refractivity contribution < 1.29 is 13.2 Å². The highest BCUT2D eigenvalue weighted by atomic mass is 35.5. The van der Waals surface area contributed by atoms with E-state index in [1.165, 1.54) is 0 Å². The smallest absolute Gasteiger partial charge is 0.239 e. The standard InChI is InChI=1S/C27H24ClN3O3S/c28-21-11-9-19(10-12-21)18-35(33,34)26-16-31(25-8-4-2-6-23(25)26)17-27(32)29-14-13-20-15-30-24-7-3-1-5-22(20)24/h1-12,15-16,30H,13-14,17-18H2,(H,29,32). The summed E-state index contributed by atoms with van der Waals surface area (Å²) in [5, 5.41) is 5.26. The van der Waals surface area contributed by atoms with Crippen LogP contribution in [0.1, 0.15) is 11.1 Å². The van der Waals surface area contributed by atoms with E-state index >= 15 is 0 Å². The largest absolute Gasteiger partial charge is 0.361 e. The minimum atomic E-state index is -3.63. The second kappa shape index (κ2) is 9.60. The third-order valence-electron chi connectivity index (χ3n) is 6.06. The van der Waals surface area contributed by atoms with E-state index in [0.717, 1.165) is 16.5 Å². The highest BCUT2D eigenvalue weighted by Gasteiger charge is 2.22. The second-order valence-corrected chi connectivity index (χ2v) is 10.9. The maximum absolute atomic E-state index is 13.3. The van der Waals surface area contributed by atoms with E-state index in [0.29, 0.717) is 34.5 Å². The molecule has 0 saturated heterocycles. The van der Waals surface area contributed by atoms with Crippen LogP contribution in [-0.4, -0.2) is 30.4 Å². The molecule has 0 atom stereocenters. The zero-order valence-electron chi connectivity index (χ0n) is 18.9. The molecule has 6 nitrogen and oxygen atoms in total. The first-order chi connectivity index (χ1) is 16.9. The molecule has 8 heteroatoms. The van der Waals surface area contributed by atoms with Gasteiger partial charge in [-0.3, -0.25) is 4.79 Å². The van der Waals surface area contributed by atoms with Crippen LogP contribution in [0.25, 0.3) is 21.8 Å². The number of fused-ring (bicyclic) bond motifs is 2. The van der Waals surface area contributed by atoms with E-state index < -0.39 is 9.84 Å². The van der Waals surface area contributed by atoms with Crippen molar-refractivity contribution in [2.24, 2.45) is 0 Å². The summed E-state index contributed by atoms with van der Waals surface area (Å²) in [5.74, 6) is -0.318. The van der Waals surface area contributed by atoms with Gasteiger partial charge in [-0.1, -0.05) is 60.1 Å². The van der Waals surface area contributed by atoms with E-state index in [1.54, 1.807) is 47.2 Å². The van der Waals surface area contributed by atoms with Crippen LogP contribution in [0.15, 0.2) is 90.1 Å². The Morgan fingerprint density at radius 3 is 2.46 bits per heavy atom. The van der Waals surface area contributed by atoms with Gasteiger partial charge in [0.15, 0.2) is 9.84 Å². The average molecular weight is 506 g/mol. The van der Waals surface area contributed by atoms with Crippen LogP contribution in [-0.2, 0) is 33.4 Å². The zero-order chi connectivity index (χ0) is 24.4. The van der Waals surface area contributed by atoms with E-state index in [-0.39, 0.29) is 23.1 Å². The molecule has 178 valence electrons. The number of nitrogens with zero attached hydrogens (tertiary/aromatic N) is 1. The van der Waals surface area contributed by atoms with Crippen LogP contribution in [0, 0.1) is 0 Å². The second-order valence-electron chi connectivity index (χ2n) is 8.48. The Kier molecular flexibility index (Phi) is 6.36. The Balaban J connectivity index is 1.31.